The van der Waals surface area contributed by atoms with Crippen LogP contribution in [0.25, 0.3) is 0 Å². The molecule has 1 N–H and O–H groups in total. The van der Waals surface area contributed by atoms with Gasteiger partial charge in [-0.15, -0.1) is 11.3 Å². The number of nitrogens with one attached hydrogen (secondary N) is 1. The van der Waals surface area contributed by atoms with E-state index in [2.05, 4.69) is 37.5 Å². The molecule has 16 heavy (non-hydrogen) atoms. The highest BCUT2D eigenvalue weighted by molar-refractivity contribution is 7.10. The molecule has 2 nitrogen and oxygen atoms in total. The monoisotopic (exact) mass is 239 g/mol. The summed E-state index contributed by atoms with van der Waals surface area (Å²) in [6, 6.07) is 2.66. The van der Waals surface area contributed by atoms with Crippen molar-refractivity contribution in [2.24, 2.45) is 5.92 Å². The molecule has 3 heteroatoms. The van der Waals surface area contributed by atoms with Crippen molar-refractivity contribution in [3.63, 3.8) is 0 Å². The Balaban J connectivity index is 1.84. The van der Waals surface area contributed by atoms with Gasteiger partial charge in [-0.3, -0.25) is 0 Å². The maximum atomic E-state index is 5.57. The van der Waals surface area contributed by atoms with Crippen LogP contribution in [-0.4, -0.2) is 19.3 Å². The second-order valence-electron chi connectivity index (χ2n) is 4.72. The standard InChI is InChI=1S/C13H21NOS/c1-9-5-7-16-13(9)10(2)14-8-12-4-6-15-11(12)3/h5,7,10-12,14H,4,6,8H2,1-3H3. The van der Waals surface area contributed by atoms with Crippen molar-refractivity contribution in [1.29, 1.82) is 0 Å². The van der Waals surface area contributed by atoms with Crippen molar-refractivity contribution < 1.29 is 4.74 Å². The SMILES string of the molecule is Cc1ccsc1C(C)NCC1CCOC1C. The molecule has 1 aromatic heterocycles. The van der Waals surface area contributed by atoms with Gasteiger partial charge in [-0.05, 0) is 50.1 Å². The summed E-state index contributed by atoms with van der Waals surface area (Å²) in [5.41, 5.74) is 1.40. The van der Waals surface area contributed by atoms with Crippen molar-refractivity contribution in [2.75, 3.05) is 13.2 Å². The van der Waals surface area contributed by atoms with Crippen molar-refractivity contribution in [2.45, 2.75) is 39.3 Å². The normalized spacial score (nSPS) is 27.2. The molecule has 0 spiro atoms. The zero-order chi connectivity index (χ0) is 11.5. The second-order valence-corrected chi connectivity index (χ2v) is 5.67. The lowest BCUT2D eigenvalue weighted by atomic mass is 10.0. The first-order valence-electron chi connectivity index (χ1n) is 6.07. The number of rotatable bonds is 4. The number of thiophene rings is 1. The first kappa shape index (κ1) is 12.1. The highest BCUT2D eigenvalue weighted by atomic mass is 32.1. The number of hydrogen-bond donors (Lipinski definition) is 1. The Morgan fingerprint density at radius 1 is 1.62 bits per heavy atom. The van der Waals surface area contributed by atoms with E-state index in [9.17, 15) is 0 Å². The van der Waals surface area contributed by atoms with E-state index in [1.54, 1.807) is 0 Å². The van der Waals surface area contributed by atoms with Crippen molar-refractivity contribution in [1.82, 2.24) is 5.32 Å². The fourth-order valence-electron chi connectivity index (χ4n) is 2.29. The van der Waals surface area contributed by atoms with Crippen molar-refractivity contribution >= 4 is 11.3 Å². The van der Waals surface area contributed by atoms with Crippen molar-refractivity contribution in [3.05, 3.63) is 21.9 Å². The summed E-state index contributed by atoms with van der Waals surface area (Å²) in [6.45, 7) is 8.62. The molecule has 0 bridgehead atoms. The van der Waals surface area contributed by atoms with Gasteiger partial charge < -0.3 is 10.1 Å². The van der Waals surface area contributed by atoms with Gasteiger partial charge in [0.15, 0.2) is 0 Å². The van der Waals surface area contributed by atoms with Crippen LogP contribution in [0.3, 0.4) is 0 Å². The number of ether oxygens (including phenoxy) is 1. The molecule has 1 fully saturated rings. The molecule has 2 rings (SSSR count). The number of aryl methyl sites for hydroxylation is 1. The average molecular weight is 239 g/mol. The van der Waals surface area contributed by atoms with E-state index in [4.69, 9.17) is 4.74 Å². The predicted octanol–water partition coefficient (Wildman–Crippen LogP) is 3.13. The minimum atomic E-state index is 0.420. The molecular formula is C13H21NOS. The lowest BCUT2D eigenvalue weighted by Gasteiger charge is -2.19. The van der Waals surface area contributed by atoms with E-state index < -0.39 is 0 Å². The van der Waals surface area contributed by atoms with Gasteiger partial charge in [0.25, 0.3) is 0 Å². The molecule has 1 aliphatic rings. The summed E-state index contributed by atoms with van der Waals surface area (Å²) in [4.78, 5) is 1.46. The summed E-state index contributed by atoms with van der Waals surface area (Å²) in [7, 11) is 0. The molecule has 0 radical (unpaired) electrons. The lowest BCUT2D eigenvalue weighted by molar-refractivity contribution is 0.105. The summed E-state index contributed by atoms with van der Waals surface area (Å²) in [6.07, 6.45) is 1.62. The maximum absolute atomic E-state index is 5.57. The predicted molar refractivity (Wildman–Crippen MR) is 69.0 cm³/mol. The summed E-state index contributed by atoms with van der Waals surface area (Å²) in [5.74, 6) is 0.683. The summed E-state index contributed by atoms with van der Waals surface area (Å²) in [5, 5.41) is 5.80. The van der Waals surface area contributed by atoms with E-state index in [-0.39, 0.29) is 0 Å². The molecule has 0 amide bonds. The molecule has 1 aliphatic heterocycles. The largest absolute Gasteiger partial charge is 0.378 e. The van der Waals surface area contributed by atoms with Crippen molar-refractivity contribution in [3.8, 4) is 0 Å². The maximum Gasteiger partial charge on any atom is 0.0588 e. The van der Waals surface area contributed by atoms with Gasteiger partial charge in [-0.2, -0.15) is 0 Å². The molecule has 1 saturated heterocycles. The topological polar surface area (TPSA) is 21.3 Å². The molecule has 0 saturated carbocycles. The van der Waals surface area contributed by atoms with E-state index in [1.165, 1.54) is 16.9 Å². The Labute approximate surface area is 102 Å². The van der Waals surface area contributed by atoms with Gasteiger partial charge in [-0.1, -0.05) is 0 Å². The minimum absolute atomic E-state index is 0.420. The molecule has 0 aliphatic carbocycles. The molecular weight excluding hydrogens is 218 g/mol. The Kier molecular flexibility index (Phi) is 4.00. The van der Waals surface area contributed by atoms with Crippen LogP contribution in [0.4, 0.5) is 0 Å². The highest BCUT2D eigenvalue weighted by Crippen LogP contribution is 2.25. The van der Waals surface area contributed by atoms with Gasteiger partial charge in [0.2, 0.25) is 0 Å². The first-order valence-corrected chi connectivity index (χ1v) is 6.95. The van der Waals surface area contributed by atoms with Crippen LogP contribution in [0, 0.1) is 12.8 Å². The van der Waals surface area contributed by atoms with Gasteiger partial charge in [0.05, 0.1) is 6.10 Å². The van der Waals surface area contributed by atoms with Crippen LogP contribution in [0.2, 0.25) is 0 Å². The smallest absolute Gasteiger partial charge is 0.0588 e. The van der Waals surface area contributed by atoms with Crippen LogP contribution < -0.4 is 5.32 Å². The molecule has 1 aromatic rings. The van der Waals surface area contributed by atoms with Crippen LogP contribution in [0.1, 0.15) is 36.8 Å². The summed E-state index contributed by atoms with van der Waals surface area (Å²) >= 11 is 1.85. The quantitative estimate of drug-likeness (QED) is 0.871. The third-order valence-electron chi connectivity index (χ3n) is 3.51. The van der Waals surface area contributed by atoms with E-state index in [0.29, 0.717) is 18.1 Å². The molecule has 90 valence electrons. The fourth-order valence-corrected chi connectivity index (χ4v) is 3.25. The first-order chi connectivity index (χ1) is 7.68. The zero-order valence-electron chi connectivity index (χ0n) is 10.3. The molecule has 3 atom stereocenters. The third kappa shape index (κ3) is 2.65. The minimum Gasteiger partial charge on any atom is -0.378 e. The Morgan fingerprint density at radius 2 is 2.44 bits per heavy atom. The zero-order valence-corrected chi connectivity index (χ0v) is 11.1. The van der Waals surface area contributed by atoms with Gasteiger partial charge >= 0.3 is 0 Å². The van der Waals surface area contributed by atoms with Crippen LogP contribution in [0.15, 0.2) is 11.4 Å². The van der Waals surface area contributed by atoms with Gasteiger partial charge in [0.1, 0.15) is 0 Å². The fraction of sp³-hybridized carbons (Fsp3) is 0.692. The molecule has 2 heterocycles. The number of hydrogen-bond acceptors (Lipinski definition) is 3. The lowest BCUT2D eigenvalue weighted by Crippen LogP contribution is -2.29. The van der Waals surface area contributed by atoms with Crippen LogP contribution in [0.5, 0.6) is 0 Å². The second kappa shape index (κ2) is 5.30. The van der Waals surface area contributed by atoms with E-state index >= 15 is 0 Å². The molecule has 0 aromatic carbocycles. The van der Waals surface area contributed by atoms with E-state index in [1.807, 2.05) is 11.3 Å². The Bertz CT molecular complexity index is 336. The van der Waals surface area contributed by atoms with Gasteiger partial charge in [0, 0.05) is 24.1 Å². The summed E-state index contributed by atoms with van der Waals surface area (Å²) < 4.78 is 5.57. The van der Waals surface area contributed by atoms with Crippen LogP contribution in [-0.2, 0) is 4.74 Å². The van der Waals surface area contributed by atoms with Crippen LogP contribution >= 0.6 is 11.3 Å². The Morgan fingerprint density at radius 3 is 3.00 bits per heavy atom. The van der Waals surface area contributed by atoms with Gasteiger partial charge in [-0.25, -0.2) is 0 Å². The molecule has 3 unspecified atom stereocenters. The average Bonchev–Trinajstić information content (AvgIpc) is 2.84. The Hall–Kier alpha value is -0.380. The third-order valence-corrected chi connectivity index (χ3v) is 4.72. The van der Waals surface area contributed by atoms with E-state index in [0.717, 1.165) is 13.2 Å². The highest BCUT2D eigenvalue weighted by Gasteiger charge is 2.24.